The van der Waals surface area contributed by atoms with Crippen molar-refractivity contribution < 1.29 is 9.59 Å². The lowest BCUT2D eigenvalue weighted by Gasteiger charge is -2.20. The van der Waals surface area contributed by atoms with Gasteiger partial charge in [-0.25, -0.2) is 0 Å². The van der Waals surface area contributed by atoms with Gasteiger partial charge in [-0.1, -0.05) is 103 Å². The van der Waals surface area contributed by atoms with Gasteiger partial charge in [0.05, 0.1) is 0 Å². The molecule has 1 amide bonds. The van der Waals surface area contributed by atoms with Crippen molar-refractivity contribution in [3.05, 3.63) is 96.6 Å². The largest absolute Gasteiger partial charge is 0.345 e. The van der Waals surface area contributed by atoms with E-state index in [0.29, 0.717) is 11.9 Å². The SMILES string of the molecule is CC(=O)N[C@@H](Cc1ccccc1)C(=O)SCP(c1ccccc1)c1ccccc1. The Bertz CT molecular complexity index is 880. The second kappa shape index (κ2) is 10.9. The van der Waals surface area contributed by atoms with Crippen molar-refractivity contribution in [2.24, 2.45) is 0 Å². The minimum absolute atomic E-state index is 0.00316. The molecule has 0 aliphatic rings. The van der Waals surface area contributed by atoms with Gasteiger partial charge >= 0.3 is 0 Å². The monoisotopic (exact) mass is 421 g/mol. The fraction of sp³-hybridized carbons (Fsp3) is 0.167. The number of carbonyl (C=O) groups is 2. The average Bonchev–Trinajstić information content (AvgIpc) is 2.75. The quantitative estimate of drug-likeness (QED) is 0.558. The molecule has 3 rings (SSSR count). The molecule has 0 bridgehead atoms. The maximum atomic E-state index is 13.0. The van der Waals surface area contributed by atoms with E-state index < -0.39 is 14.0 Å². The zero-order chi connectivity index (χ0) is 20.5. The Balaban J connectivity index is 1.74. The Morgan fingerprint density at radius 3 is 1.79 bits per heavy atom. The van der Waals surface area contributed by atoms with Crippen molar-refractivity contribution in [1.82, 2.24) is 5.32 Å². The molecule has 0 aromatic heterocycles. The first-order valence-electron chi connectivity index (χ1n) is 9.49. The number of hydrogen-bond donors (Lipinski definition) is 1. The summed E-state index contributed by atoms with van der Waals surface area (Å²) >= 11 is 1.32. The van der Waals surface area contributed by atoms with Gasteiger partial charge in [0.25, 0.3) is 0 Å². The zero-order valence-corrected chi connectivity index (χ0v) is 18.0. The third-order valence-corrected chi connectivity index (χ3v) is 8.38. The van der Waals surface area contributed by atoms with E-state index in [-0.39, 0.29) is 11.0 Å². The normalized spacial score (nSPS) is 11.8. The summed E-state index contributed by atoms with van der Waals surface area (Å²) in [5.41, 5.74) is 1.72. The maximum Gasteiger partial charge on any atom is 0.217 e. The second-order valence-electron chi connectivity index (χ2n) is 6.63. The number of thioether (sulfide) groups is 1. The molecule has 0 aliphatic carbocycles. The summed E-state index contributed by atoms with van der Waals surface area (Å²) in [5, 5.41) is 5.32. The summed E-state index contributed by atoms with van der Waals surface area (Å²) in [6.07, 6.45) is 0.501. The number of amides is 1. The average molecular weight is 422 g/mol. The number of benzene rings is 3. The Hall–Kier alpha value is -2.42. The molecule has 3 aromatic carbocycles. The fourth-order valence-electron chi connectivity index (χ4n) is 3.03. The van der Waals surface area contributed by atoms with Crippen molar-refractivity contribution in [1.29, 1.82) is 0 Å². The molecule has 1 N–H and O–H groups in total. The first-order valence-corrected chi connectivity index (χ1v) is 12.0. The van der Waals surface area contributed by atoms with Gasteiger partial charge in [-0.2, -0.15) is 0 Å². The molecule has 3 aromatic rings. The molecule has 0 unspecified atom stereocenters. The molecule has 0 aliphatic heterocycles. The molecule has 0 radical (unpaired) electrons. The molecule has 0 saturated heterocycles. The second-order valence-corrected chi connectivity index (χ2v) is 10.2. The Kier molecular flexibility index (Phi) is 8.03. The van der Waals surface area contributed by atoms with Gasteiger partial charge in [0.1, 0.15) is 6.04 Å². The molecular weight excluding hydrogens is 397 g/mol. The highest BCUT2D eigenvalue weighted by molar-refractivity contribution is 8.18. The zero-order valence-electron chi connectivity index (χ0n) is 16.3. The van der Waals surface area contributed by atoms with Crippen LogP contribution in [0.3, 0.4) is 0 Å². The minimum Gasteiger partial charge on any atom is -0.345 e. The molecule has 0 saturated carbocycles. The van der Waals surface area contributed by atoms with Crippen LogP contribution >= 0.6 is 19.7 Å². The molecular formula is C24H24NO2PS. The Morgan fingerprint density at radius 2 is 1.31 bits per heavy atom. The van der Waals surface area contributed by atoms with Crippen LogP contribution in [0.25, 0.3) is 0 Å². The van der Waals surface area contributed by atoms with Gasteiger partial charge in [0.2, 0.25) is 11.0 Å². The van der Waals surface area contributed by atoms with Crippen molar-refractivity contribution in [2.45, 2.75) is 19.4 Å². The highest BCUT2D eigenvalue weighted by Gasteiger charge is 2.23. The van der Waals surface area contributed by atoms with Crippen LogP contribution in [0.5, 0.6) is 0 Å². The third kappa shape index (κ3) is 6.56. The van der Waals surface area contributed by atoms with Crippen LogP contribution in [-0.4, -0.2) is 22.6 Å². The predicted octanol–water partition coefficient (Wildman–Crippen LogP) is 4.08. The molecule has 29 heavy (non-hydrogen) atoms. The van der Waals surface area contributed by atoms with Crippen LogP contribution in [0.1, 0.15) is 12.5 Å². The van der Waals surface area contributed by atoms with Crippen LogP contribution < -0.4 is 15.9 Å². The van der Waals surface area contributed by atoms with Crippen LogP contribution in [0.2, 0.25) is 0 Å². The van der Waals surface area contributed by atoms with Gasteiger partial charge in [-0.3, -0.25) is 9.59 Å². The molecule has 0 fully saturated rings. The summed E-state index contributed by atoms with van der Waals surface area (Å²) < 4.78 is 0. The number of nitrogens with one attached hydrogen (secondary N) is 1. The van der Waals surface area contributed by atoms with E-state index in [9.17, 15) is 9.59 Å². The van der Waals surface area contributed by atoms with Crippen LogP contribution in [0.15, 0.2) is 91.0 Å². The van der Waals surface area contributed by atoms with Gasteiger partial charge in [-0.15, -0.1) is 0 Å². The summed E-state index contributed by atoms with van der Waals surface area (Å²) in [6, 6.07) is 29.9. The van der Waals surface area contributed by atoms with E-state index in [1.165, 1.54) is 29.3 Å². The summed E-state index contributed by atoms with van der Waals surface area (Å²) in [5.74, 6) is -0.187. The van der Waals surface area contributed by atoms with Crippen molar-refractivity contribution in [2.75, 3.05) is 5.49 Å². The lowest BCUT2D eigenvalue weighted by Crippen LogP contribution is -2.40. The molecule has 5 heteroatoms. The standard InChI is InChI=1S/C24H24NO2PS/c1-19(26)25-23(17-20-11-5-2-6-12-20)24(27)29-18-28(21-13-7-3-8-14-21)22-15-9-4-10-16-22/h2-16,23H,17-18H2,1H3,(H,25,26)/t23-/m0/s1. The topological polar surface area (TPSA) is 46.2 Å². The number of carbonyl (C=O) groups excluding carboxylic acids is 2. The van der Waals surface area contributed by atoms with E-state index in [1.54, 1.807) is 0 Å². The van der Waals surface area contributed by atoms with Crippen LogP contribution in [0.4, 0.5) is 0 Å². The van der Waals surface area contributed by atoms with E-state index in [0.717, 1.165) is 5.56 Å². The Morgan fingerprint density at radius 1 is 0.828 bits per heavy atom. The molecule has 1 atom stereocenters. The Labute approximate surface area is 177 Å². The van der Waals surface area contributed by atoms with Crippen molar-refractivity contribution in [3.63, 3.8) is 0 Å². The maximum absolute atomic E-state index is 13.0. The van der Waals surface area contributed by atoms with Gasteiger partial charge in [-0.05, 0) is 24.1 Å². The van der Waals surface area contributed by atoms with Gasteiger partial charge in [0.15, 0.2) is 0 Å². The van der Waals surface area contributed by atoms with Gasteiger partial charge in [0, 0.05) is 18.8 Å². The first-order chi connectivity index (χ1) is 14.1. The third-order valence-electron chi connectivity index (χ3n) is 4.42. The van der Waals surface area contributed by atoms with E-state index in [4.69, 9.17) is 0 Å². The smallest absolute Gasteiger partial charge is 0.217 e. The van der Waals surface area contributed by atoms with Crippen LogP contribution in [0, 0.1) is 0 Å². The molecule has 0 spiro atoms. The molecule has 0 heterocycles. The fourth-order valence-corrected chi connectivity index (χ4v) is 6.95. The highest BCUT2D eigenvalue weighted by atomic mass is 32.2. The summed E-state index contributed by atoms with van der Waals surface area (Å²) in [7, 11) is -0.658. The highest BCUT2D eigenvalue weighted by Crippen LogP contribution is 2.38. The van der Waals surface area contributed by atoms with E-state index in [1.807, 2.05) is 66.7 Å². The molecule has 148 valence electrons. The van der Waals surface area contributed by atoms with Gasteiger partial charge < -0.3 is 5.32 Å². The van der Waals surface area contributed by atoms with Crippen molar-refractivity contribution in [3.8, 4) is 0 Å². The first kappa shape index (κ1) is 21.3. The van der Waals surface area contributed by atoms with Crippen LogP contribution in [-0.2, 0) is 16.0 Å². The lowest BCUT2D eigenvalue weighted by atomic mass is 10.1. The molecule has 3 nitrogen and oxygen atoms in total. The number of rotatable bonds is 8. The predicted molar refractivity (Wildman–Crippen MR) is 124 cm³/mol. The number of hydrogen-bond acceptors (Lipinski definition) is 3. The van der Waals surface area contributed by atoms with E-state index >= 15 is 0 Å². The summed E-state index contributed by atoms with van der Waals surface area (Å²) in [4.78, 5) is 24.7. The summed E-state index contributed by atoms with van der Waals surface area (Å²) in [6.45, 7) is 1.46. The minimum atomic E-state index is -0.658. The lowest BCUT2D eigenvalue weighted by molar-refractivity contribution is -0.123. The van der Waals surface area contributed by atoms with Crippen molar-refractivity contribution >= 4 is 41.3 Å². The van der Waals surface area contributed by atoms with E-state index in [2.05, 4.69) is 29.6 Å².